The van der Waals surface area contributed by atoms with Gasteiger partial charge < -0.3 is 10.1 Å². The van der Waals surface area contributed by atoms with Crippen molar-refractivity contribution < 1.29 is 32.3 Å². The number of allylic oxidation sites excluding steroid dienone is 1. The average molecular weight is 486 g/mol. The quantitative estimate of drug-likeness (QED) is 0.679. The Morgan fingerprint density at radius 2 is 1.60 bits per heavy atom. The highest BCUT2D eigenvalue weighted by Crippen LogP contribution is 2.52. The monoisotopic (exact) mass is 486 g/mol. The molecule has 2 aromatic carbocycles. The van der Waals surface area contributed by atoms with Gasteiger partial charge in [-0.1, -0.05) is 31.5 Å². The summed E-state index contributed by atoms with van der Waals surface area (Å²) < 4.78 is 49.7. The third-order valence-corrected chi connectivity index (χ3v) is 6.39. The van der Waals surface area contributed by atoms with Crippen LogP contribution in [0, 0.1) is 12.3 Å². The molecule has 0 saturated carbocycles. The van der Waals surface area contributed by atoms with Crippen LogP contribution >= 0.6 is 0 Å². The molecule has 1 aliphatic heterocycles. The lowest BCUT2D eigenvalue weighted by Gasteiger charge is -2.35. The molecule has 1 heterocycles. The van der Waals surface area contributed by atoms with Crippen LogP contribution in [0.2, 0.25) is 0 Å². The van der Waals surface area contributed by atoms with Crippen LogP contribution < -0.4 is 15.0 Å². The number of methoxy groups -OCH3 is 1. The Hall–Kier alpha value is -3.62. The SMILES string of the molecule is COc1ccc(C(=O)N[C@]2(C(F)(F)F)C(=O)N(c3ccc(C)cc3)C3=C2C(=O)CC(C)(C)C3)cc1. The van der Waals surface area contributed by atoms with Crippen molar-refractivity contribution in [3.63, 3.8) is 0 Å². The number of anilines is 1. The highest BCUT2D eigenvalue weighted by Gasteiger charge is 2.72. The van der Waals surface area contributed by atoms with E-state index in [9.17, 15) is 27.6 Å². The first kappa shape index (κ1) is 24.5. The fourth-order valence-electron chi connectivity index (χ4n) is 4.70. The first-order valence-electron chi connectivity index (χ1n) is 11.0. The number of hydrogen-bond donors (Lipinski definition) is 1. The molecule has 35 heavy (non-hydrogen) atoms. The van der Waals surface area contributed by atoms with E-state index in [1.807, 2.05) is 12.2 Å². The molecule has 0 saturated heterocycles. The van der Waals surface area contributed by atoms with Crippen LogP contribution in [0.3, 0.4) is 0 Å². The van der Waals surface area contributed by atoms with E-state index in [4.69, 9.17) is 4.74 Å². The number of aryl methyl sites for hydroxylation is 1. The van der Waals surface area contributed by atoms with Crippen molar-refractivity contribution in [3.8, 4) is 5.75 Å². The third-order valence-electron chi connectivity index (χ3n) is 6.39. The van der Waals surface area contributed by atoms with Crippen molar-refractivity contribution in [1.82, 2.24) is 5.32 Å². The minimum absolute atomic E-state index is 0.0348. The molecule has 0 fully saturated rings. The Morgan fingerprint density at radius 3 is 2.14 bits per heavy atom. The molecule has 2 amide bonds. The molecule has 1 aliphatic carbocycles. The highest BCUT2D eigenvalue weighted by atomic mass is 19.4. The average Bonchev–Trinajstić information content (AvgIpc) is 3.02. The van der Waals surface area contributed by atoms with Crippen LogP contribution in [0.1, 0.15) is 42.6 Å². The topological polar surface area (TPSA) is 75.7 Å². The van der Waals surface area contributed by atoms with Gasteiger partial charge in [0, 0.05) is 23.4 Å². The lowest BCUT2D eigenvalue weighted by atomic mass is 9.72. The predicted molar refractivity (Wildman–Crippen MR) is 123 cm³/mol. The second kappa shape index (κ2) is 8.25. The molecule has 0 unspecified atom stereocenters. The molecular formula is C26H25F3N2O4. The summed E-state index contributed by atoms with van der Waals surface area (Å²) in [6.45, 7) is 5.33. The number of ketones is 1. The molecule has 0 bridgehead atoms. The van der Waals surface area contributed by atoms with E-state index in [0.717, 1.165) is 10.5 Å². The Bertz CT molecular complexity index is 1230. The summed E-state index contributed by atoms with van der Waals surface area (Å²) in [5, 5.41) is 1.93. The molecule has 2 aliphatic rings. The number of Topliss-reactive ketones (excluding diaryl/α,β-unsaturated/α-hetero) is 1. The zero-order chi connectivity index (χ0) is 25.8. The maximum absolute atomic E-state index is 14.9. The van der Waals surface area contributed by atoms with Crippen LogP contribution in [-0.2, 0) is 9.59 Å². The van der Waals surface area contributed by atoms with E-state index in [1.165, 1.54) is 43.5 Å². The van der Waals surface area contributed by atoms with Crippen LogP contribution in [0.4, 0.5) is 18.9 Å². The predicted octanol–water partition coefficient (Wildman–Crippen LogP) is 4.72. The van der Waals surface area contributed by atoms with Gasteiger partial charge in [0.2, 0.25) is 5.54 Å². The summed E-state index contributed by atoms with van der Waals surface area (Å²) in [6, 6.07) is 11.8. The number of alkyl halides is 3. The van der Waals surface area contributed by atoms with Gasteiger partial charge in [-0.05, 0) is 55.2 Å². The second-order valence-electron chi connectivity index (χ2n) is 9.67. The molecule has 4 rings (SSSR count). The summed E-state index contributed by atoms with van der Waals surface area (Å²) in [6.07, 6.45) is -5.40. The van der Waals surface area contributed by atoms with E-state index >= 15 is 0 Å². The van der Waals surface area contributed by atoms with E-state index in [-0.39, 0.29) is 29.8 Å². The summed E-state index contributed by atoms with van der Waals surface area (Å²) in [4.78, 5) is 40.9. The van der Waals surface area contributed by atoms with Gasteiger partial charge in [-0.2, -0.15) is 13.2 Å². The van der Waals surface area contributed by atoms with Crippen LogP contribution in [0.15, 0.2) is 59.8 Å². The van der Waals surface area contributed by atoms with Gasteiger partial charge >= 0.3 is 6.18 Å². The third kappa shape index (κ3) is 3.98. The zero-order valence-corrected chi connectivity index (χ0v) is 19.7. The summed E-state index contributed by atoms with van der Waals surface area (Å²) in [5.41, 5.74) is -3.97. The zero-order valence-electron chi connectivity index (χ0n) is 19.7. The van der Waals surface area contributed by atoms with Gasteiger partial charge in [-0.15, -0.1) is 0 Å². The largest absolute Gasteiger partial charge is 0.497 e. The number of nitrogens with one attached hydrogen (secondary N) is 1. The smallest absolute Gasteiger partial charge is 0.425 e. The summed E-state index contributed by atoms with van der Waals surface area (Å²) >= 11 is 0. The Balaban J connectivity index is 1.90. The van der Waals surface area contributed by atoms with Gasteiger partial charge in [-0.3, -0.25) is 19.3 Å². The van der Waals surface area contributed by atoms with Gasteiger partial charge in [0.25, 0.3) is 11.8 Å². The summed E-state index contributed by atoms with van der Waals surface area (Å²) in [5.74, 6) is -2.96. The number of nitrogens with zero attached hydrogens (tertiary/aromatic N) is 1. The number of halogens is 3. The maximum atomic E-state index is 14.9. The number of amides is 2. The normalized spacial score (nSPS) is 21.7. The van der Waals surface area contributed by atoms with Crippen molar-refractivity contribution in [2.45, 2.75) is 45.3 Å². The van der Waals surface area contributed by atoms with Crippen LogP contribution in [-0.4, -0.2) is 36.4 Å². The van der Waals surface area contributed by atoms with Crippen molar-refractivity contribution in [2.75, 3.05) is 12.0 Å². The van der Waals surface area contributed by atoms with Crippen molar-refractivity contribution in [1.29, 1.82) is 0 Å². The highest BCUT2D eigenvalue weighted by molar-refractivity contribution is 6.21. The standard InChI is InChI=1S/C26H25F3N2O4/c1-15-5-9-17(10-6-15)31-19-13-24(2,3)14-20(32)21(19)25(23(31)34,26(27,28)29)30-22(33)16-7-11-18(35-4)12-8-16/h5-12H,13-14H2,1-4H3,(H,30,33)/t25-/m0/s1. The molecule has 1 atom stereocenters. The molecule has 184 valence electrons. The Kier molecular flexibility index (Phi) is 5.78. The van der Waals surface area contributed by atoms with E-state index in [0.29, 0.717) is 5.75 Å². The van der Waals surface area contributed by atoms with Gasteiger partial charge in [0.05, 0.1) is 12.7 Å². The lowest BCUT2D eigenvalue weighted by Crippen LogP contribution is -2.66. The van der Waals surface area contributed by atoms with Crippen LogP contribution in [0.5, 0.6) is 5.75 Å². The maximum Gasteiger partial charge on any atom is 0.425 e. The molecule has 2 aromatic rings. The van der Waals surface area contributed by atoms with Crippen molar-refractivity contribution >= 4 is 23.3 Å². The van der Waals surface area contributed by atoms with Gasteiger partial charge in [0.1, 0.15) is 5.75 Å². The molecule has 0 spiro atoms. The van der Waals surface area contributed by atoms with E-state index in [1.54, 1.807) is 26.0 Å². The number of carbonyl (C=O) groups is 3. The molecular weight excluding hydrogens is 461 g/mol. The van der Waals surface area contributed by atoms with Crippen LogP contribution in [0.25, 0.3) is 0 Å². The fraction of sp³-hybridized carbons (Fsp3) is 0.346. The minimum atomic E-state index is -5.27. The van der Waals surface area contributed by atoms with E-state index < -0.39 is 40.3 Å². The fourth-order valence-corrected chi connectivity index (χ4v) is 4.70. The lowest BCUT2D eigenvalue weighted by molar-refractivity contribution is -0.186. The van der Waals surface area contributed by atoms with Gasteiger partial charge in [-0.25, -0.2) is 0 Å². The van der Waals surface area contributed by atoms with Gasteiger partial charge in [0.15, 0.2) is 5.78 Å². The summed E-state index contributed by atoms with van der Waals surface area (Å²) in [7, 11) is 1.41. The number of hydrogen-bond acceptors (Lipinski definition) is 4. The molecule has 9 heteroatoms. The minimum Gasteiger partial charge on any atom is -0.497 e. The molecule has 6 nitrogen and oxygen atoms in total. The van der Waals surface area contributed by atoms with E-state index in [2.05, 4.69) is 0 Å². The molecule has 1 N–H and O–H groups in total. The Labute approximate surface area is 200 Å². The first-order valence-corrected chi connectivity index (χ1v) is 11.0. The number of rotatable bonds is 4. The molecule has 0 aromatic heterocycles. The van der Waals surface area contributed by atoms with Crippen molar-refractivity contribution in [2.24, 2.45) is 5.41 Å². The first-order chi connectivity index (χ1) is 16.3. The van der Waals surface area contributed by atoms with Crippen molar-refractivity contribution in [3.05, 3.63) is 70.9 Å². The molecule has 0 radical (unpaired) electrons. The number of carbonyl (C=O) groups excluding carboxylic acids is 3. The Morgan fingerprint density at radius 1 is 1.00 bits per heavy atom. The second-order valence-corrected chi connectivity index (χ2v) is 9.67. The number of ether oxygens (including phenoxy) is 1. The number of benzene rings is 2.